The maximum absolute atomic E-state index is 12.6. The van der Waals surface area contributed by atoms with Crippen molar-refractivity contribution < 1.29 is 19.2 Å². The summed E-state index contributed by atoms with van der Waals surface area (Å²) in [4.78, 5) is 24.2. The van der Waals surface area contributed by atoms with Crippen molar-refractivity contribution in [3.63, 3.8) is 0 Å². The maximum Gasteiger partial charge on any atom is 0.345 e. The fraction of sp³-hybridized carbons (Fsp3) is 0.250. The summed E-state index contributed by atoms with van der Waals surface area (Å²) in [6.07, 6.45) is 0. The number of hydrogen-bond acceptors (Lipinski definition) is 5. The van der Waals surface area contributed by atoms with Crippen LogP contribution in [0.5, 0.6) is 5.75 Å². The van der Waals surface area contributed by atoms with Gasteiger partial charge in [-0.25, -0.2) is 4.79 Å². The molecule has 1 atom stereocenters. The van der Waals surface area contributed by atoms with Crippen LogP contribution in [0.25, 0.3) is 15.0 Å². The number of fused-ring (bicyclic) bond motifs is 1. The average molecular weight is 491 g/mol. The number of esters is 1. The normalized spacial score (nSPS) is 12.0. The molecule has 0 radical (unpaired) electrons. The monoisotopic (exact) mass is 490 g/mol. The Morgan fingerprint density at radius 1 is 0.971 bits per heavy atom. The molecule has 0 spiro atoms. The number of carbonyl (C=O) groups excluding carboxylic acids is 1. The zero-order valence-corrected chi connectivity index (χ0v) is 21.3. The van der Waals surface area contributed by atoms with Crippen molar-refractivity contribution in [2.75, 3.05) is 6.61 Å². The number of nitrogens with zero attached hydrogens (tertiary/aromatic N) is 1. The summed E-state index contributed by atoms with van der Waals surface area (Å²) in [6, 6.07) is 18.7. The minimum absolute atomic E-state index is 0.0130. The molecule has 1 aromatic heterocycles. The van der Waals surface area contributed by atoms with Gasteiger partial charge in [0.2, 0.25) is 0 Å². The largest absolute Gasteiger partial charge is 0.481 e. The van der Waals surface area contributed by atoms with Gasteiger partial charge < -0.3 is 9.47 Å². The molecule has 0 bridgehead atoms. The van der Waals surface area contributed by atoms with Gasteiger partial charge >= 0.3 is 5.97 Å². The number of nitro groups is 1. The number of ether oxygens (including phenoxy) is 2. The lowest BCUT2D eigenvalue weighted by Gasteiger charge is -2.25. The topological polar surface area (TPSA) is 78.7 Å². The highest BCUT2D eigenvalue weighted by molar-refractivity contribution is 7.43. The Labute approximate surface area is 207 Å². The van der Waals surface area contributed by atoms with Gasteiger partial charge in [0.25, 0.3) is 5.69 Å². The Hall–Kier alpha value is -3.71. The Morgan fingerprint density at radius 2 is 1.60 bits per heavy atom. The molecule has 180 valence electrons. The van der Waals surface area contributed by atoms with Crippen molar-refractivity contribution in [1.29, 1.82) is 0 Å². The summed E-state index contributed by atoms with van der Waals surface area (Å²) < 4.78 is 12.9. The zero-order valence-electron chi connectivity index (χ0n) is 20.5. The number of aryl methyl sites for hydroxylation is 3. The lowest BCUT2D eigenvalue weighted by Crippen LogP contribution is -2.28. The Balaban J connectivity index is 1.48. The molecule has 0 aliphatic rings. The van der Waals surface area contributed by atoms with Crippen LogP contribution in [0.2, 0.25) is 0 Å². The molecule has 0 saturated heterocycles. The molecule has 4 aromatic rings. The van der Waals surface area contributed by atoms with E-state index in [4.69, 9.17) is 9.47 Å². The van der Waals surface area contributed by atoms with Crippen LogP contribution in [0.3, 0.4) is 0 Å². The summed E-state index contributed by atoms with van der Waals surface area (Å²) in [5, 5.41) is 14.5. The lowest BCUT2D eigenvalue weighted by molar-refractivity contribution is -0.384. The summed E-state index contributed by atoms with van der Waals surface area (Å²) in [5.74, 6) is 0.164. The Morgan fingerprint density at radius 3 is 2.23 bits per heavy atom. The number of hydrogen-bond donors (Lipinski definition) is 0. The van der Waals surface area contributed by atoms with Gasteiger partial charge in [0.1, 0.15) is 16.7 Å². The first kappa shape index (κ1) is 24.4. The van der Waals surface area contributed by atoms with E-state index in [0.29, 0.717) is 11.3 Å². The predicted molar refractivity (Wildman–Crippen MR) is 140 cm³/mol. The molecule has 0 amide bonds. The molecular weight excluding hydrogens is 462 g/mol. The average Bonchev–Trinajstić information content (AvgIpc) is 3.15. The quantitative estimate of drug-likeness (QED) is 0.118. The van der Waals surface area contributed by atoms with Gasteiger partial charge in [-0.05, 0) is 75.6 Å². The lowest BCUT2D eigenvalue weighted by atomic mass is 9.98. The Bertz CT molecular complexity index is 1400. The molecule has 0 fully saturated rings. The van der Waals surface area contributed by atoms with Crippen molar-refractivity contribution in [2.45, 2.75) is 40.2 Å². The SMILES string of the molecule is Cc1cc(-[s+]2cc(C)c3ccccc32)cc(C)c1OCC(=O)OC(C)(C)c1ccc([N+](=O)[O-])cc1. The highest BCUT2D eigenvalue weighted by Crippen LogP contribution is 2.44. The van der Waals surface area contributed by atoms with Crippen molar-refractivity contribution >= 4 is 32.2 Å². The molecule has 0 aliphatic carbocycles. The van der Waals surface area contributed by atoms with Crippen LogP contribution >= 0.6 is 10.5 Å². The second kappa shape index (κ2) is 9.50. The summed E-state index contributed by atoms with van der Waals surface area (Å²) >= 11 is 0. The molecule has 3 aromatic carbocycles. The smallest absolute Gasteiger partial charge is 0.345 e. The molecule has 1 unspecified atom stereocenters. The number of carbonyl (C=O) groups is 1. The van der Waals surface area contributed by atoms with E-state index in [1.807, 2.05) is 13.8 Å². The molecule has 1 heterocycles. The minimum Gasteiger partial charge on any atom is -0.481 e. The molecule has 6 nitrogen and oxygen atoms in total. The van der Waals surface area contributed by atoms with Crippen LogP contribution in [0.1, 0.15) is 36.1 Å². The first-order chi connectivity index (χ1) is 16.6. The highest BCUT2D eigenvalue weighted by Gasteiger charge is 2.27. The van der Waals surface area contributed by atoms with Gasteiger partial charge in [-0.15, -0.1) is 0 Å². The minimum atomic E-state index is -0.954. The van der Waals surface area contributed by atoms with Crippen molar-refractivity contribution in [3.8, 4) is 10.6 Å². The zero-order chi connectivity index (χ0) is 25.3. The van der Waals surface area contributed by atoms with Crippen LogP contribution in [0.4, 0.5) is 5.69 Å². The molecule has 0 N–H and O–H groups in total. The number of non-ortho nitro benzene ring substituents is 1. The van der Waals surface area contributed by atoms with E-state index in [1.165, 1.54) is 32.7 Å². The maximum atomic E-state index is 12.6. The van der Waals surface area contributed by atoms with E-state index < -0.39 is 16.5 Å². The highest BCUT2D eigenvalue weighted by atomic mass is 32.2. The number of nitro benzene ring substituents is 1. The molecule has 0 saturated carbocycles. The van der Waals surface area contributed by atoms with Gasteiger partial charge in [-0.1, -0.05) is 12.1 Å². The molecule has 0 aliphatic heterocycles. The fourth-order valence-corrected chi connectivity index (χ4v) is 6.53. The van der Waals surface area contributed by atoms with Crippen molar-refractivity contribution in [3.05, 3.63) is 98.4 Å². The summed E-state index contributed by atoms with van der Waals surface area (Å²) in [5.41, 5.74) is 2.91. The van der Waals surface area contributed by atoms with E-state index in [0.717, 1.165) is 11.1 Å². The van der Waals surface area contributed by atoms with Crippen LogP contribution in [-0.2, 0) is 15.1 Å². The van der Waals surface area contributed by atoms with Crippen molar-refractivity contribution in [2.24, 2.45) is 0 Å². The summed E-state index contributed by atoms with van der Waals surface area (Å²) in [7, 11) is -0.128. The van der Waals surface area contributed by atoms with E-state index in [-0.39, 0.29) is 22.8 Å². The van der Waals surface area contributed by atoms with E-state index in [2.05, 4.69) is 48.7 Å². The molecule has 35 heavy (non-hydrogen) atoms. The standard InChI is InChI=1S/C28H28NO5S/c1-18-14-23(35-17-20(3)24-8-6-7-9-25(24)35)15-19(2)27(18)33-16-26(30)34-28(4,5)21-10-12-22(13-11-21)29(31)32/h6-15,17H,16H2,1-5H3/q+1. The second-order valence-corrected chi connectivity index (χ2v) is 10.9. The second-order valence-electron chi connectivity index (χ2n) is 9.10. The van der Waals surface area contributed by atoms with Gasteiger partial charge in [-0.2, -0.15) is 0 Å². The van der Waals surface area contributed by atoms with Crippen LogP contribution in [-0.4, -0.2) is 17.5 Å². The van der Waals surface area contributed by atoms with E-state index >= 15 is 0 Å². The van der Waals surface area contributed by atoms with Crippen LogP contribution in [0.15, 0.2) is 66.0 Å². The Kier molecular flexibility index (Phi) is 6.63. The first-order valence-corrected chi connectivity index (χ1v) is 12.6. The molecular formula is C28H28NO5S+. The van der Waals surface area contributed by atoms with Gasteiger partial charge in [-0.3, -0.25) is 10.1 Å². The fourth-order valence-electron chi connectivity index (χ4n) is 4.24. The third kappa shape index (κ3) is 5.05. The predicted octanol–water partition coefficient (Wildman–Crippen LogP) is 7.27. The van der Waals surface area contributed by atoms with Crippen LogP contribution < -0.4 is 4.74 Å². The molecule has 4 rings (SSSR count). The third-order valence-electron chi connectivity index (χ3n) is 6.01. The van der Waals surface area contributed by atoms with E-state index in [9.17, 15) is 14.9 Å². The van der Waals surface area contributed by atoms with Crippen LogP contribution in [0, 0.1) is 30.9 Å². The number of rotatable bonds is 7. The third-order valence-corrected chi connectivity index (χ3v) is 8.17. The number of thiophene rings is 1. The number of benzene rings is 3. The first-order valence-electron chi connectivity index (χ1n) is 11.3. The van der Waals surface area contributed by atoms with Gasteiger partial charge in [0, 0.05) is 45.7 Å². The molecule has 7 heteroatoms. The van der Waals surface area contributed by atoms with E-state index in [1.54, 1.807) is 26.0 Å². The summed E-state index contributed by atoms with van der Waals surface area (Å²) in [6.45, 7) is 9.37. The van der Waals surface area contributed by atoms with Crippen molar-refractivity contribution in [1.82, 2.24) is 0 Å². The van der Waals surface area contributed by atoms with Gasteiger partial charge in [0.15, 0.2) is 16.2 Å². The van der Waals surface area contributed by atoms with Gasteiger partial charge in [0.05, 0.1) is 4.92 Å².